The fraction of sp³-hybridized carbons (Fsp3) is 0.0476. The Hall–Kier alpha value is -3.36. The Morgan fingerprint density at radius 1 is 0.800 bits per heavy atom. The molecule has 7 nitrogen and oxygen atoms in total. The van der Waals surface area contributed by atoms with E-state index in [0.717, 1.165) is 0 Å². The van der Waals surface area contributed by atoms with Crippen LogP contribution in [0.1, 0.15) is 20.7 Å². The Balaban J connectivity index is 1.67. The fourth-order valence-corrected chi connectivity index (χ4v) is 3.71. The van der Waals surface area contributed by atoms with Gasteiger partial charge in [-0.2, -0.15) is 0 Å². The Morgan fingerprint density at radius 2 is 1.33 bits per heavy atom. The van der Waals surface area contributed by atoms with Crippen LogP contribution in [-0.4, -0.2) is 27.4 Å². The first-order chi connectivity index (χ1) is 14.3. The van der Waals surface area contributed by atoms with Crippen molar-refractivity contribution in [2.24, 2.45) is 0 Å². The van der Waals surface area contributed by atoms with E-state index in [2.05, 4.69) is 14.8 Å². The van der Waals surface area contributed by atoms with E-state index in [9.17, 15) is 18.0 Å². The lowest BCUT2D eigenvalue weighted by atomic mass is 10.1. The van der Waals surface area contributed by atoms with Gasteiger partial charge < -0.3 is 10.1 Å². The van der Waals surface area contributed by atoms with Gasteiger partial charge in [-0.25, -0.2) is 13.2 Å². The van der Waals surface area contributed by atoms with Crippen LogP contribution in [0.4, 0.5) is 11.4 Å². The lowest BCUT2D eigenvalue weighted by Crippen LogP contribution is -2.14. The number of esters is 1. The third-order valence-electron chi connectivity index (χ3n) is 4.09. The summed E-state index contributed by atoms with van der Waals surface area (Å²) in [6.07, 6.45) is 0. The zero-order valence-corrected chi connectivity index (χ0v) is 17.3. The minimum absolute atomic E-state index is 0.0733. The van der Waals surface area contributed by atoms with Crippen molar-refractivity contribution in [1.82, 2.24) is 0 Å². The summed E-state index contributed by atoms with van der Waals surface area (Å²) < 4.78 is 31.9. The van der Waals surface area contributed by atoms with Gasteiger partial charge >= 0.3 is 5.97 Å². The van der Waals surface area contributed by atoms with E-state index in [4.69, 9.17) is 11.6 Å². The molecule has 0 spiro atoms. The van der Waals surface area contributed by atoms with Gasteiger partial charge in [-0.05, 0) is 72.8 Å². The summed E-state index contributed by atoms with van der Waals surface area (Å²) >= 11 is 5.78. The Morgan fingerprint density at radius 3 is 1.90 bits per heavy atom. The maximum absolute atomic E-state index is 12.4. The third-order valence-corrected chi connectivity index (χ3v) is 5.74. The summed E-state index contributed by atoms with van der Waals surface area (Å²) in [7, 11) is -2.48. The van der Waals surface area contributed by atoms with Crippen LogP contribution in [0.2, 0.25) is 5.02 Å². The van der Waals surface area contributed by atoms with E-state index in [1.54, 1.807) is 12.1 Å². The van der Waals surface area contributed by atoms with E-state index >= 15 is 0 Å². The number of anilines is 2. The minimum Gasteiger partial charge on any atom is -0.465 e. The topological polar surface area (TPSA) is 102 Å². The lowest BCUT2D eigenvalue weighted by Gasteiger charge is -2.10. The molecule has 3 rings (SSSR count). The van der Waals surface area contributed by atoms with Crippen molar-refractivity contribution in [3.05, 3.63) is 88.9 Å². The highest BCUT2D eigenvalue weighted by atomic mass is 35.5. The van der Waals surface area contributed by atoms with Crippen molar-refractivity contribution in [2.45, 2.75) is 4.90 Å². The second-order valence-electron chi connectivity index (χ2n) is 6.16. The van der Waals surface area contributed by atoms with Gasteiger partial charge in [0.2, 0.25) is 0 Å². The molecule has 0 aliphatic heterocycles. The van der Waals surface area contributed by atoms with Gasteiger partial charge in [0.15, 0.2) is 0 Å². The summed E-state index contributed by atoms with van der Waals surface area (Å²) in [5, 5.41) is 3.13. The highest BCUT2D eigenvalue weighted by Crippen LogP contribution is 2.19. The summed E-state index contributed by atoms with van der Waals surface area (Å²) in [5.41, 5.74) is 1.51. The maximum atomic E-state index is 12.4. The van der Waals surface area contributed by atoms with Gasteiger partial charge in [0.1, 0.15) is 0 Å². The number of sulfonamides is 1. The summed E-state index contributed by atoms with van der Waals surface area (Å²) in [5.74, 6) is -0.850. The number of nitrogens with one attached hydrogen (secondary N) is 2. The zero-order chi connectivity index (χ0) is 21.7. The van der Waals surface area contributed by atoms with Gasteiger partial charge in [0.05, 0.1) is 17.6 Å². The normalized spacial score (nSPS) is 10.9. The largest absolute Gasteiger partial charge is 0.465 e. The second kappa shape index (κ2) is 8.98. The number of amides is 1. The van der Waals surface area contributed by atoms with Crippen LogP contribution in [-0.2, 0) is 14.8 Å². The molecular weight excluding hydrogens is 428 g/mol. The van der Waals surface area contributed by atoms with Crippen LogP contribution in [0.3, 0.4) is 0 Å². The van der Waals surface area contributed by atoms with Gasteiger partial charge in [0.25, 0.3) is 15.9 Å². The lowest BCUT2D eigenvalue weighted by molar-refractivity contribution is 0.0600. The number of carbonyl (C=O) groups excluding carboxylic acids is 2. The molecule has 0 bridgehead atoms. The van der Waals surface area contributed by atoms with Crippen LogP contribution >= 0.6 is 11.6 Å². The molecule has 154 valence electrons. The van der Waals surface area contributed by atoms with Crippen molar-refractivity contribution in [1.29, 1.82) is 0 Å². The first-order valence-corrected chi connectivity index (χ1v) is 10.5. The molecule has 0 saturated carbocycles. The SMILES string of the molecule is COC(=O)c1ccc(NC(=O)c2ccc(NS(=O)(=O)c3ccc(Cl)cc3)cc2)cc1. The van der Waals surface area contributed by atoms with E-state index < -0.39 is 16.0 Å². The molecule has 0 unspecified atom stereocenters. The maximum Gasteiger partial charge on any atom is 0.337 e. The van der Waals surface area contributed by atoms with E-state index in [-0.39, 0.29) is 10.8 Å². The monoisotopic (exact) mass is 444 g/mol. The molecule has 0 heterocycles. The molecule has 0 atom stereocenters. The molecule has 3 aromatic rings. The summed E-state index contributed by atoms with van der Waals surface area (Å²) in [6, 6.07) is 18.0. The van der Waals surface area contributed by atoms with E-state index in [0.29, 0.717) is 27.5 Å². The molecule has 0 fully saturated rings. The number of hydrogen-bond donors (Lipinski definition) is 2. The number of methoxy groups -OCH3 is 1. The smallest absolute Gasteiger partial charge is 0.337 e. The number of ether oxygens (including phenoxy) is 1. The highest BCUT2D eigenvalue weighted by molar-refractivity contribution is 7.92. The molecule has 0 aromatic heterocycles. The van der Waals surface area contributed by atoms with Crippen LogP contribution in [0, 0.1) is 0 Å². The highest BCUT2D eigenvalue weighted by Gasteiger charge is 2.14. The molecular formula is C21H17ClN2O5S. The van der Waals surface area contributed by atoms with Crippen LogP contribution in [0.5, 0.6) is 0 Å². The first kappa shape index (κ1) is 21.4. The van der Waals surface area contributed by atoms with Crippen LogP contribution in [0.15, 0.2) is 77.7 Å². The molecule has 0 aliphatic rings. The zero-order valence-electron chi connectivity index (χ0n) is 15.8. The van der Waals surface area contributed by atoms with Gasteiger partial charge in [0, 0.05) is 22.0 Å². The molecule has 2 N–H and O–H groups in total. The Kier molecular flexibility index (Phi) is 6.39. The fourth-order valence-electron chi connectivity index (χ4n) is 2.53. The van der Waals surface area contributed by atoms with Gasteiger partial charge in [-0.1, -0.05) is 11.6 Å². The average Bonchev–Trinajstić information content (AvgIpc) is 2.74. The van der Waals surface area contributed by atoms with Crippen molar-refractivity contribution in [2.75, 3.05) is 17.1 Å². The van der Waals surface area contributed by atoms with Crippen molar-refractivity contribution in [3.63, 3.8) is 0 Å². The quantitative estimate of drug-likeness (QED) is 0.555. The number of hydrogen-bond acceptors (Lipinski definition) is 5. The first-order valence-electron chi connectivity index (χ1n) is 8.67. The van der Waals surface area contributed by atoms with Gasteiger partial charge in [-0.15, -0.1) is 0 Å². The predicted octanol–water partition coefficient (Wildman–Crippen LogP) is 4.18. The molecule has 30 heavy (non-hydrogen) atoms. The average molecular weight is 445 g/mol. The van der Waals surface area contributed by atoms with E-state index in [1.165, 1.54) is 67.8 Å². The molecule has 9 heteroatoms. The Labute approximate surface area is 178 Å². The number of halogens is 1. The molecule has 0 saturated heterocycles. The third kappa shape index (κ3) is 5.16. The van der Waals surface area contributed by atoms with Gasteiger partial charge in [-0.3, -0.25) is 9.52 Å². The summed E-state index contributed by atoms with van der Waals surface area (Å²) in [4.78, 5) is 23.9. The number of carbonyl (C=O) groups is 2. The number of rotatable bonds is 6. The number of benzene rings is 3. The van der Waals surface area contributed by atoms with Crippen molar-refractivity contribution < 1.29 is 22.7 Å². The van der Waals surface area contributed by atoms with E-state index in [1.807, 2.05) is 0 Å². The molecule has 0 radical (unpaired) electrons. The van der Waals surface area contributed by atoms with Crippen LogP contribution in [0.25, 0.3) is 0 Å². The molecule has 3 aromatic carbocycles. The molecule has 0 aliphatic carbocycles. The molecule has 1 amide bonds. The standard InChI is InChI=1S/C21H17ClN2O5S/c1-29-21(26)15-4-8-17(9-5-15)23-20(25)14-2-10-18(11-3-14)24-30(27,28)19-12-6-16(22)7-13-19/h2-13,24H,1H3,(H,23,25). The Bertz CT molecular complexity index is 1160. The summed E-state index contributed by atoms with van der Waals surface area (Å²) in [6.45, 7) is 0. The second-order valence-corrected chi connectivity index (χ2v) is 8.28. The minimum atomic E-state index is -3.77. The van der Waals surface area contributed by atoms with Crippen LogP contribution < -0.4 is 10.0 Å². The predicted molar refractivity (Wildman–Crippen MR) is 114 cm³/mol. The van der Waals surface area contributed by atoms with Crippen molar-refractivity contribution in [3.8, 4) is 0 Å². The van der Waals surface area contributed by atoms with Crippen molar-refractivity contribution >= 4 is 44.9 Å².